The highest BCUT2D eigenvalue weighted by Gasteiger charge is 2.38. The summed E-state index contributed by atoms with van der Waals surface area (Å²) in [5, 5.41) is 24.1. The Morgan fingerprint density at radius 2 is 2.09 bits per heavy atom. The number of aromatic nitrogens is 1. The zero-order valence-corrected chi connectivity index (χ0v) is 19.1. The molecule has 3 heterocycles. The van der Waals surface area contributed by atoms with Crippen LogP contribution in [0, 0.1) is 23.2 Å². The van der Waals surface area contributed by atoms with Crippen LogP contribution in [-0.4, -0.2) is 69.8 Å². The Bertz CT molecular complexity index is 1090. The quantitative estimate of drug-likeness (QED) is 0.627. The molecule has 3 aliphatic rings. The summed E-state index contributed by atoms with van der Waals surface area (Å²) in [6, 6.07) is 11.6. The maximum atomic E-state index is 11.0. The molecule has 8 heteroatoms. The number of H-pyrrole nitrogens is 1. The largest absolute Gasteiger partial charge is 0.481 e. The lowest BCUT2D eigenvalue weighted by molar-refractivity contribution is -0.138. The van der Waals surface area contributed by atoms with Crippen molar-refractivity contribution in [1.82, 2.24) is 20.2 Å². The van der Waals surface area contributed by atoms with E-state index in [4.69, 9.17) is 5.11 Å². The number of nitrogens with zero attached hydrogens (tertiary/aromatic N) is 4. The van der Waals surface area contributed by atoms with Crippen molar-refractivity contribution in [2.75, 3.05) is 26.2 Å². The molecule has 1 aromatic heterocycles. The van der Waals surface area contributed by atoms with Gasteiger partial charge in [0.25, 0.3) is 0 Å². The molecule has 0 spiro atoms. The van der Waals surface area contributed by atoms with Crippen LogP contribution in [-0.2, 0) is 11.3 Å². The van der Waals surface area contributed by atoms with E-state index in [9.17, 15) is 10.1 Å². The van der Waals surface area contributed by atoms with E-state index in [0.717, 1.165) is 68.9 Å². The van der Waals surface area contributed by atoms with E-state index in [0.29, 0.717) is 5.92 Å². The van der Waals surface area contributed by atoms with Crippen molar-refractivity contribution < 1.29 is 9.90 Å². The number of benzene rings is 1. The van der Waals surface area contributed by atoms with Crippen LogP contribution in [0.1, 0.15) is 43.9 Å². The third kappa shape index (κ3) is 4.61. The van der Waals surface area contributed by atoms with Gasteiger partial charge < -0.3 is 15.5 Å². The van der Waals surface area contributed by atoms with Crippen molar-refractivity contribution in [3.05, 3.63) is 35.5 Å². The molecule has 2 aromatic rings. The summed E-state index contributed by atoms with van der Waals surface area (Å²) >= 11 is 0. The molecule has 33 heavy (non-hydrogen) atoms. The molecule has 174 valence electrons. The van der Waals surface area contributed by atoms with Crippen LogP contribution in [0.2, 0.25) is 0 Å². The van der Waals surface area contributed by atoms with Crippen LogP contribution in [0.25, 0.3) is 10.9 Å². The predicted molar refractivity (Wildman–Crippen MR) is 127 cm³/mol. The first-order valence-electron chi connectivity index (χ1n) is 12.0. The summed E-state index contributed by atoms with van der Waals surface area (Å²) in [6.45, 7) is 6.63. The van der Waals surface area contributed by atoms with E-state index in [1.54, 1.807) is 0 Å². The van der Waals surface area contributed by atoms with Crippen LogP contribution in [0.3, 0.4) is 0 Å². The summed E-state index contributed by atoms with van der Waals surface area (Å²) < 4.78 is 0. The van der Waals surface area contributed by atoms with Gasteiger partial charge in [-0.1, -0.05) is 6.07 Å². The molecular weight excluding hydrogens is 416 g/mol. The Morgan fingerprint density at radius 1 is 1.27 bits per heavy atom. The summed E-state index contributed by atoms with van der Waals surface area (Å²) in [4.78, 5) is 19.3. The van der Waals surface area contributed by atoms with Crippen molar-refractivity contribution >= 4 is 22.6 Å². The van der Waals surface area contributed by atoms with Crippen molar-refractivity contribution in [3.63, 3.8) is 0 Å². The van der Waals surface area contributed by atoms with Gasteiger partial charge in [0.05, 0.1) is 29.9 Å². The molecule has 2 fully saturated rings. The number of aliphatic carboxylic acids is 1. The summed E-state index contributed by atoms with van der Waals surface area (Å²) in [5.41, 5.74) is 7.87. The minimum Gasteiger partial charge on any atom is -0.481 e. The Morgan fingerprint density at radius 3 is 2.85 bits per heavy atom. The number of carbonyl (C=O) groups is 1. The lowest BCUT2D eigenvalue weighted by Gasteiger charge is -2.37. The van der Waals surface area contributed by atoms with Crippen molar-refractivity contribution in [1.29, 1.82) is 5.26 Å². The average molecular weight is 449 g/mol. The van der Waals surface area contributed by atoms with E-state index in [2.05, 4.69) is 55.6 Å². The molecule has 0 amide bonds. The Balaban J connectivity index is 1.22. The van der Waals surface area contributed by atoms with Crippen LogP contribution in [0.15, 0.2) is 29.4 Å². The first kappa shape index (κ1) is 21.9. The molecule has 0 bridgehead atoms. The first-order valence-corrected chi connectivity index (χ1v) is 12.0. The van der Waals surface area contributed by atoms with Gasteiger partial charge in [-0.15, -0.1) is 0 Å². The van der Waals surface area contributed by atoms with Crippen LogP contribution < -0.4 is 5.43 Å². The van der Waals surface area contributed by atoms with Gasteiger partial charge in [-0.3, -0.25) is 14.6 Å². The maximum Gasteiger partial charge on any atom is 0.304 e. The highest BCUT2D eigenvalue weighted by Crippen LogP contribution is 2.35. The smallest absolute Gasteiger partial charge is 0.304 e. The van der Waals surface area contributed by atoms with E-state index in [-0.39, 0.29) is 24.4 Å². The molecule has 8 nitrogen and oxygen atoms in total. The molecule has 3 N–H and O–H groups in total. The molecule has 5 rings (SSSR count). The Labute approximate surface area is 194 Å². The number of piperazine rings is 1. The lowest BCUT2D eigenvalue weighted by atomic mass is 9.77. The second-order valence-electron chi connectivity index (χ2n) is 9.84. The zero-order valence-electron chi connectivity index (χ0n) is 19.1. The van der Waals surface area contributed by atoms with E-state index in [1.807, 2.05) is 6.92 Å². The Hall–Kier alpha value is -2.89. The van der Waals surface area contributed by atoms with Gasteiger partial charge in [0.1, 0.15) is 0 Å². The van der Waals surface area contributed by atoms with Gasteiger partial charge in [-0.25, -0.2) is 0 Å². The number of carboxylic acids is 1. The lowest BCUT2D eigenvalue weighted by Crippen LogP contribution is -2.49. The molecule has 0 radical (unpaired) electrons. The van der Waals surface area contributed by atoms with Gasteiger partial charge in [-0.2, -0.15) is 10.4 Å². The minimum absolute atomic E-state index is 0.0850. The van der Waals surface area contributed by atoms with Gasteiger partial charge >= 0.3 is 5.97 Å². The van der Waals surface area contributed by atoms with E-state index >= 15 is 0 Å². The minimum atomic E-state index is -0.728. The summed E-state index contributed by atoms with van der Waals surface area (Å²) in [5.74, 6) is -0.211. The molecule has 1 aromatic carbocycles. The standard InChI is InChI=1S/C25H32N6O2/c1-16(10-24(32)33)31-8-6-30(7-9-31)15-18-3-5-21-19(11-18)13-23(27-21)25-20-4-2-17(14-26)12-22(20)28-29-25/h3,5,11,13,16-17,20,22,27-28H,2,4,6-10,12,15H2,1H3,(H,32,33)/t16?,17-,20?,22?/m0/s1. The van der Waals surface area contributed by atoms with Crippen molar-refractivity contribution in [3.8, 4) is 6.07 Å². The van der Waals surface area contributed by atoms with E-state index in [1.165, 1.54) is 10.9 Å². The second kappa shape index (κ2) is 9.16. The van der Waals surface area contributed by atoms with Crippen LogP contribution in [0.5, 0.6) is 0 Å². The average Bonchev–Trinajstić information content (AvgIpc) is 3.42. The van der Waals surface area contributed by atoms with Gasteiger partial charge in [0.2, 0.25) is 0 Å². The zero-order chi connectivity index (χ0) is 22.9. The SMILES string of the molecule is CC(CC(=O)O)N1CCN(Cc2ccc3[nH]c(C4=NNC5C[C@@H](C#N)CCC45)cc3c2)CC1. The third-order valence-corrected chi connectivity index (χ3v) is 7.60. The number of aromatic amines is 1. The van der Waals surface area contributed by atoms with Crippen molar-refractivity contribution in [2.24, 2.45) is 16.9 Å². The van der Waals surface area contributed by atoms with Crippen molar-refractivity contribution in [2.45, 2.75) is 51.2 Å². The predicted octanol–water partition coefficient (Wildman–Crippen LogP) is 2.76. The highest BCUT2D eigenvalue weighted by atomic mass is 16.4. The van der Waals surface area contributed by atoms with Gasteiger partial charge in [0.15, 0.2) is 0 Å². The summed E-state index contributed by atoms with van der Waals surface area (Å²) in [6.07, 6.45) is 3.03. The fourth-order valence-electron chi connectivity index (χ4n) is 5.67. The number of fused-ring (bicyclic) bond motifs is 2. The number of nitrogens with one attached hydrogen (secondary N) is 2. The molecule has 2 aliphatic heterocycles. The van der Waals surface area contributed by atoms with Gasteiger partial charge in [-0.05, 0) is 49.9 Å². The maximum absolute atomic E-state index is 11.0. The number of hydrogen-bond acceptors (Lipinski definition) is 6. The molecule has 1 saturated heterocycles. The number of hydrogen-bond donors (Lipinski definition) is 3. The first-order chi connectivity index (χ1) is 16.0. The van der Waals surface area contributed by atoms with Crippen LogP contribution >= 0.6 is 0 Å². The molecule has 1 aliphatic carbocycles. The molecular formula is C25H32N6O2. The fraction of sp³-hybridized carbons (Fsp3) is 0.560. The number of nitriles is 1. The summed E-state index contributed by atoms with van der Waals surface area (Å²) in [7, 11) is 0. The number of rotatable bonds is 6. The topological polar surface area (TPSA) is 108 Å². The third-order valence-electron chi connectivity index (χ3n) is 7.60. The number of hydrazone groups is 1. The second-order valence-corrected chi connectivity index (χ2v) is 9.84. The van der Waals surface area contributed by atoms with Crippen LogP contribution in [0.4, 0.5) is 0 Å². The Kier molecular flexibility index (Phi) is 6.09. The fourth-order valence-corrected chi connectivity index (χ4v) is 5.67. The monoisotopic (exact) mass is 448 g/mol. The number of carboxylic acid groups (broad SMARTS) is 1. The molecule has 4 atom stereocenters. The molecule has 3 unspecified atom stereocenters. The van der Waals surface area contributed by atoms with E-state index < -0.39 is 5.97 Å². The van der Waals surface area contributed by atoms with Gasteiger partial charge in [0, 0.05) is 61.5 Å². The molecule has 1 saturated carbocycles. The normalized spacial score (nSPS) is 26.9. The highest BCUT2D eigenvalue weighted by molar-refractivity contribution is 6.05.